The largest absolute Gasteiger partial charge is 0.456 e. The number of fused-ring (bicyclic) bond motifs is 6. The second kappa shape index (κ2) is 15.3. The van der Waals surface area contributed by atoms with E-state index in [1.165, 1.54) is 12.7 Å². The standard InChI is InChI=1S/C45H51N9O5/c1-23(2)39(46)43(55)53-18-7-9-34(53)42-49-30-15-10-25(20-31(30)50-42)27-12-13-28(38-36-17-16-35(59-36)37(27)38)29-14-11-26(21-47-29)32-22-48-41(51-32)33-8-6-19-54(33)44(56)40(24(3)4)52-45(57)58-5/h11-14,16-17,20-24,33-34,39-40H,6-10,15,18-19,46H2,1-5H3,(H,48,51)(H,49,50)(H,52,57). The van der Waals surface area contributed by atoms with Gasteiger partial charge in [0.15, 0.2) is 0 Å². The normalized spacial score (nSPS) is 19.2. The zero-order valence-electron chi connectivity index (χ0n) is 34.2. The maximum Gasteiger partial charge on any atom is 0.407 e. The van der Waals surface area contributed by atoms with Crippen LogP contribution in [0.25, 0.3) is 56.1 Å². The molecule has 2 aliphatic heterocycles. The van der Waals surface area contributed by atoms with Crippen LogP contribution >= 0.6 is 0 Å². The van der Waals surface area contributed by atoms with Crippen molar-refractivity contribution in [3.63, 3.8) is 0 Å². The van der Waals surface area contributed by atoms with Gasteiger partial charge in [-0.25, -0.2) is 14.8 Å². The average Bonchev–Trinajstić information content (AvgIpc) is 4.11. The number of benzene rings is 2. The van der Waals surface area contributed by atoms with Gasteiger partial charge in [-0.15, -0.1) is 0 Å². The maximum absolute atomic E-state index is 13.6. The molecule has 14 nitrogen and oxygen atoms in total. The number of amides is 3. The molecule has 59 heavy (non-hydrogen) atoms. The van der Waals surface area contributed by atoms with Gasteiger partial charge >= 0.3 is 6.09 Å². The number of carbonyl (C=O) groups is 3. The first-order valence-electron chi connectivity index (χ1n) is 20.8. The molecule has 2 bridgehead atoms. The molecular formula is C45H51N9O5. The van der Waals surface area contributed by atoms with Gasteiger partial charge in [-0.05, 0) is 91.8 Å². The van der Waals surface area contributed by atoms with Gasteiger partial charge in [0.05, 0.1) is 48.5 Å². The van der Waals surface area contributed by atoms with Crippen molar-refractivity contribution >= 4 is 51.5 Å². The Morgan fingerprint density at radius 1 is 0.831 bits per heavy atom. The van der Waals surface area contributed by atoms with E-state index in [1.807, 2.05) is 63.1 Å². The lowest BCUT2D eigenvalue weighted by Gasteiger charge is -2.30. The Labute approximate surface area is 342 Å². The monoisotopic (exact) mass is 797 g/mol. The van der Waals surface area contributed by atoms with Crippen molar-refractivity contribution in [3.8, 4) is 22.5 Å². The fourth-order valence-electron chi connectivity index (χ4n) is 9.17. The second-order valence-electron chi connectivity index (χ2n) is 16.9. The summed E-state index contributed by atoms with van der Waals surface area (Å²) in [6.07, 6.45) is 10.3. The summed E-state index contributed by atoms with van der Waals surface area (Å²) in [5, 5.41) is 4.81. The minimum absolute atomic E-state index is 0.00480. The average molecular weight is 798 g/mol. The number of aromatic nitrogens is 5. The van der Waals surface area contributed by atoms with E-state index in [0.717, 1.165) is 106 Å². The molecule has 1 aromatic carbocycles. The minimum atomic E-state index is -0.698. The minimum Gasteiger partial charge on any atom is -0.456 e. The number of methoxy groups -OCH3 is 1. The number of allylic oxidation sites excluding steroid dienone is 1. The van der Waals surface area contributed by atoms with Crippen LogP contribution in [0.4, 0.5) is 4.79 Å². The molecule has 306 valence electrons. The maximum atomic E-state index is 13.6. The van der Waals surface area contributed by atoms with Crippen LogP contribution in [0, 0.1) is 11.8 Å². The molecule has 5 N–H and O–H groups in total. The van der Waals surface area contributed by atoms with Crippen LogP contribution in [0.15, 0.2) is 53.2 Å². The number of H-pyrrole nitrogens is 2. The second-order valence-corrected chi connectivity index (χ2v) is 16.9. The van der Waals surface area contributed by atoms with Crippen LogP contribution in [0.3, 0.4) is 0 Å². The third-order valence-corrected chi connectivity index (χ3v) is 12.5. The third kappa shape index (κ3) is 6.82. The third-order valence-electron chi connectivity index (χ3n) is 12.5. The Morgan fingerprint density at radius 3 is 2.20 bits per heavy atom. The van der Waals surface area contributed by atoms with Crippen LogP contribution in [0.5, 0.6) is 0 Å². The topological polar surface area (TPSA) is 188 Å². The Morgan fingerprint density at radius 2 is 1.53 bits per heavy atom. The highest BCUT2D eigenvalue weighted by molar-refractivity contribution is 6.18. The number of nitrogens with one attached hydrogen (secondary N) is 3. The Kier molecular flexibility index (Phi) is 9.98. The number of carbonyl (C=O) groups excluding carboxylic acids is 3. The molecular weight excluding hydrogens is 747 g/mol. The molecule has 1 aliphatic carbocycles. The molecule has 7 heterocycles. The Hall–Kier alpha value is -6.02. The number of nitrogens with zero attached hydrogens (tertiary/aromatic N) is 5. The number of pyridine rings is 1. The van der Waals surface area contributed by atoms with Gasteiger partial charge in [-0.2, -0.15) is 0 Å². The van der Waals surface area contributed by atoms with Crippen LogP contribution in [-0.4, -0.2) is 84.9 Å². The van der Waals surface area contributed by atoms with Crippen molar-refractivity contribution in [2.45, 2.75) is 90.4 Å². The number of ether oxygens (including phenoxy) is 1. The number of aromatic amines is 2. The molecule has 4 atom stereocenters. The highest BCUT2D eigenvalue weighted by Crippen LogP contribution is 2.44. The van der Waals surface area contributed by atoms with Gasteiger partial charge in [0.25, 0.3) is 0 Å². The molecule has 2 saturated heterocycles. The van der Waals surface area contributed by atoms with Crippen molar-refractivity contribution in [2.24, 2.45) is 17.6 Å². The van der Waals surface area contributed by atoms with Crippen molar-refractivity contribution in [1.82, 2.24) is 40.0 Å². The summed E-state index contributed by atoms with van der Waals surface area (Å²) in [7, 11) is 1.29. The van der Waals surface area contributed by atoms with E-state index in [4.69, 9.17) is 29.8 Å². The summed E-state index contributed by atoms with van der Waals surface area (Å²) in [5.74, 6) is 1.35. The van der Waals surface area contributed by atoms with Gasteiger partial charge < -0.3 is 40.0 Å². The summed E-state index contributed by atoms with van der Waals surface area (Å²) < 4.78 is 11.1. The van der Waals surface area contributed by atoms with E-state index in [1.54, 1.807) is 11.1 Å². The zero-order chi connectivity index (χ0) is 41.1. The van der Waals surface area contributed by atoms with E-state index in [0.29, 0.717) is 18.9 Å². The first-order valence-corrected chi connectivity index (χ1v) is 20.8. The van der Waals surface area contributed by atoms with E-state index in [9.17, 15) is 14.4 Å². The number of rotatable bonds is 10. The summed E-state index contributed by atoms with van der Waals surface area (Å²) in [6, 6.07) is 10.9. The van der Waals surface area contributed by atoms with Gasteiger partial charge in [0.1, 0.15) is 28.9 Å². The van der Waals surface area contributed by atoms with Crippen LogP contribution in [-0.2, 0) is 20.7 Å². The number of aryl methyl sites for hydroxylation is 1. The van der Waals surface area contributed by atoms with E-state index >= 15 is 0 Å². The Bertz CT molecular complexity index is 2560. The lowest BCUT2D eigenvalue weighted by molar-refractivity contribution is -0.136. The zero-order valence-corrected chi connectivity index (χ0v) is 34.2. The summed E-state index contributed by atoms with van der Waals surface area (Å²) in [4.78, 5) is 64.4. The molecule has 4 unspecified atom stereocenters. The first kappa shape index (κ1) is 38.5. The van der Waals surface area contributed by atoms with E-state index < -0.39 is 18.2 Å². The lowest BCUT2D eigenvalue weighted by Crippen LogP contribution is -2.51. The van der Waals surface area contributed by atoms with Gasteiger partial charge in [-0.1, -0.05) is 39.8 Å². The van der Waals surface area contributed by atoms with Crippen molar-refractivity contribution in [3.05, 3.63) is 77.4 Å². The number of hydrogen-bond acceptors (Lipinski definition) is 9. The lowest BCUT2D eigenvalue weighted by atomic mass is 9.88. The number of imidazole rings is 2. The quantitative estimate of drug-likeness (QED) is 0.110. The molecule has 0 radical (unpaired) electrons. The molecule has 0 spiro atoms. The summed E-state index contributed by atoms with van der Waals surface area (Å²) in [5.41, 5.74) is 15.8. The molecule has 5 aromatic heterocycles. The van der Waals surface area contributed by atoms with Crippen LogP contribution in [0.1, 0.15) is 100 Å². The van der Waals surface area contributed by atoms with Crippen LogP contribution < -0.4 is 11.1 Å². The van der Waals surface area contributed by atoms with E-state index in [-0.39, 0.29) is 35.7 Å². The molecule has 9 rings (SSSR count). The molecule has 14 heteroatoms. The predicted octanol–water partition coefficient (Wildman–Crippen LogP) is 7.38. The van der Waals surface area contributed by atoms with Gasteiger partial charge in [0.2, 0.25) is 11.8 Å². The first-order chi connectivity index (χ1) is 28.5. The fourth-order valence-corrected chi connectivity index (χ4v) is 9.17. The number of likely N-dealkylation sites (tertiary alicyclic amines) is 2. The smallest absolute Gasteiger partial charge is 0.407 e. The number of hydrogen-bond donors (Lipinski definition) is 4. The van der Waals surface area contributed by atoms with Gasteiger partial charge in [0, 0.05) is 46.9 Å². The molecule has 6 aromatic rings. The highest BCUT2D eigenvalue weighted by Gasteiger charge is 2.38. The molecule has 0 saturated carbocycles. The summed E-state index contributed by atoms with van der Waals surface area (Å²) in [6.45, 7) is 9.06. The van der Waals surface area contributed by atoms with E-state index in [2.05, 4.69) is 33.5 Å². The van der Waals surface area contributed by atoms with Crippen molar-refractivity contribution in [2.75, 3.05) is 20.2 Å². The van der Waals surface area contributed by atoms with Crippen molar-refractivity contribution < 1.29 is 23.5 Å². The fraction of sp³-hybridized carbons (Fsp3) is 0.422. The SMILES string of the molecule is COC(=O)NC(C(=O)N1CCCC1c1ncc(-c2ccc(-c3ccc(C4=Cc5nc(C6CCCN6C(=O)C(N)C(C)C)[nH]c5CC4)c4c5ccc(o5)c34)nc2)[nH]1)C(C)C. The predicted molar refractivity (Wildman–Crippen MR) is 225 cm³/mol. The molecule has 3 aliphatic rings. The summed E-state index contributed by atoms with van der Waals surface area (Å²) >= 11 is 0. The molecule has 2 fully saturated rings. The molecule has 3 amide bonds. The highest BCUT2D eigenvalue weighted by atomic mass is 16.5. The van der Waals surface area contributed by atoms with Crippen molar-refractivity contribution in [1.29, 1.82) is 0 Å². The Balaban J connectivity index is 0.958. The van der Waals surface area contributed by atoms with Crippen LogP contribution in [0.2, 0.25) is 0 Å². The van der Waals surface area contributed by atoms with Gasteiger partial charge in [-0.3, -0.25) is 14.6 Å². The number of nitrogens with two attached hydrogens (primary N) is 1. The number of furan rings is 2. The number of alkyl carbamates (subject to hydrolysis) is 1.